The molecule has 0 aliphatic carbocycles. The quantitative estimate of drug-likeness (QED) is 0.645. The van der Waals surface area contributed by atoms with Crippen LogP contribution in [0.15, 0.2) is 42.6 Å². The lowest BCUT2D eigenvalue weighted by molar-refractivity contribution is 1.11. The van der Waals surface area contributed by atoms with Gasteiger partial charge in [0.25, 0.3) is 0 Å². The van der Waals surface area contributed by atoms with Gasteiger partial charge < -0.3 is 5.73 Å². The summed E-state index contributed by atoms with van der Waals surface area (Å²) in [5.74, 6) is 0.812. The van der Waals surface area contributed by atoms with E-state index < -0.39 is 0 Å². The number of anilines is 1. The lowest BCUT2D eigenvalue weighted by atomic mass is 10.1. The minimum atomic E-state index is 0.773. The van der Waals surface area contributed by atoms with Crippen LogP contribution in [-0.4, -0.2) is 14.6 Å². The number of benzene rings is 1. The molecule has 0 saturated carbocycles. The van der Waals surface area contributed by atoms with E-state index in [1.807, 2.05) is 53.9 Å². The van der Waals surface area contributed by atoms with Crippen LogP contribution >= 0.6 is 0 Å². The topological polar surface area (TPSA) is 56.2 Å². The first-order valence-corrected chi connectivity index (χ1v) is 5.42. The zero-order valence-corrected chi connectivity index (χ0v) is 9.46. The predicted octanol–water partition coefficient (Wildman–Crippen LogP) is 2.29. The van der Waals surface area contributed by atoms with Gasteiger partial charge in [0.05, 0.1) is 0 Å². The molecule has 0 unspecified atom stereocenters. The van der Waals surface area contributed by atoms with Crippen molar-refractivity contribution in [2.24, 2.45) is 0 Å². The van der Waals surface area contributed by atoms with Gasteiger partial charge in [0.2, 0.25) is 0 Å². The largest absolute Gasteiger partial charge is 0.398 e. The molecule has 3 aromatic rings. The Morgan fingerprint density at radius 1 is 1.12 bits per heavy atom. The van der Waals surface area contributed by atoms with Crippen LogP contribution in [0, 0.1) is 6.92 Å². The molecular weight excluding hydrogens is 212 g/mol. The van der Waals surface area contributed by atoms with E-state index in [4.69, 9.17) is 5.73 Å². The molecule has 0 aliphatic rings. The molecule has 84 valence electrons. The third-order valence-corrected chi connectivity index (χ3v) is 2.85. The van der Waals surface area contributed by atoms with E-state index in [1.165, 1.54) is 0 Å². The van der Waals surface area contributed by atoms with Crippen LogP contribution < -0.4 is 5.73 Å². The highest BCUT2D eigenvalue weighted by Crippen LogP contribution is 2.22. The van der Waals surface area contributed by atoms with E-state index in [0.29, 0.717) is 0 Å². The minimum Gasteiger partial charge on any atom is -0.398 e. The van der Waals surface area contributed by atoms with Gasteiger partial charge in [-0.15, -0.1) is 10.2 Å². The van der Waals surface area contributed by atoms with Gasteiger partial charge in [0.15, 0.2) is 11.5 Å². The van der Waals surface area contributed by atoms with Crippen LogP contribution in [0.3, 0.4) is 0 Å². The number of fused-ring (bicyclic) bond motifs is 1. The first-order valence-electron chi connectivity index (χ1n) is 5.42. The number of pyridine rings is 1. The fourth-order valence-corrected chi connectivity index (χ4v) is 1.82. The summed E-state index contributed by atoms with van der Waals surface area (Å²) in [5, 5.41) is 8.31. The van der Waals surface area contributed by atoms with Crippen molar-refractivity contribution < 1.29 is 0 Å². The number of hydrogen-bond donors (Lipinski definition) is 1. The van der Waals surface area contributed by atoms with E-state index in [-0.39, 0.29) is 0 Å². The summed E-state index contributed by atoms with van der Waals surface area (Å²) in [4.78, 5) is 0. The monoisotopic (exact) mass is 224 g/mol. The Morgan fingerprint density at radius 3 is 2.82 bits per heavy atom. The number of nitrogens with zero attached hydrogens (tertiary/aromatic N) is 3. The average Bonchev–Trinajstić information content (AvgIpc) is 2.76. The zero-order chi connectivity index (χ0) is 11.8. The van der Waals surface area contributed by atoms with E-state index in [1.54, 1.807) is 0 Å². The predicted molar refractivity (Wildman–Crippen MR) is 67.6 cm³/mol. The molecule has 1 aromatic carbocycles. The molecule has 0 radical (unpaired) electrons. The van der Waals surface area contributed by atoms with Crippen LogP contribution in [0.4, 0.5) is 5.69 Å². The number of aryl methyl sites for hydroxylation is 1. The van der Waals surface area contributed by atoms with Crippen LogP contribution in [0.1, 0.15) is 5.56 Å². The summed E-state index contributed by atoms with van der Waals surface area (Å²) in [6.45, 7) is 1.99. The minimum absolute atomic E-state index is 0.773. The molecule has 0 spiro atoms. The number of aromatic nitrogens is 3. The number of nitrogens with two attached hydrogens (primary N) is 1. The van der Waals surface area contributed by atoms with Crippen molar-refractivity contribution in [1.29, 1.82) is 0 Å². The highest BCUT2D eigenvalue weighted by atomic mass is 15.2. The van der Waals surface area contributed by atoms with E-state index in [9.17, 15) is 0 Å². The molecule has 0 atom stereocenters. The normalized spacial score (nSPS) is 10.9. The van der Waals surface area contributed by atoms with E-state index in [2.05, 4.69) is 10.2 Å². The lowest BCUT2D eigenvalue weighted by Gasteiger charge is -2.03. The van der Waals surface area contributed by atoms with Crippen LogP contribution in [0.25, 0.3) is 17.0 Å². The number of rotatable bonds is 1. The second-order valence-electron chi connectivity index (χ2n) is 4.02. The first kappa shape index (κ1) is 9.84. The van der Waals surface area contributed by atoms with Crippen molar-refractivity contribution in [2.75, 3.05) is 5.73 Å². The summed E-state index contributed by atoms with van der Waals surface area (Å²) in [6.07, 6.45) is 1.95. The fourth-order valence-electron chi connectivity index (χ4n) is 1.82. The molecule has 0 aliphatic heterocycles. The standard InChI is InChI=1S/C13H12N4/c1-9-5-6-10(8-11(9)14)13-16-15-12-4-2-3-7-17(12)13/h2-8H,14H2,1H3. The molecule has 4 heteroatoms. The average molecular weight is 224 g/mol. The molecule has 0 saturated heterocycles. The van der Waals surface area contributed by atoms with Gasteiger partial charge in [0, 0.05) is 17.4 Å². The molecule has 0 fully saturated rings. The summed E-state index contributed by atoms with van der Waals surface area (Å²) < 4.78 is 1.95. The van der Waals surface area contributed by atoms with Gasteiger partial charge in [-0.1, -0.05) is 18.2 Å². The van der Waals surface area contributed by atoms with Crippen molar-refractivity contribution in [3.63, 3.8) is 0 Å². The second-order valence-corrected chi connectivity index (χ2v) is 4.02. The highest BCUT2D eigenvalue weighted by molar-refractivity contribution is 5.65. The maximum Gasteiger partial charge on any atom is 0.168 e. The maximum absolute atomic E-state index is 5.91. The second kappa shape index (κ2) is 3.59. The van der Waals surface area contributed by atoms with E-state index >= 15 is 0 Å². The Morgan fingerprint density at radius 2 is 2.00 bits per heavy atom. The Kier molecular flexibility index (Phi) is 2.08. The SMILES string of the molecule is Cc1ccc(-c2nnc3ccccn23)cc1N. The van der Waals surface area contributed by atoms with E-state index in [0.717, 1.165) is 28.3 Å². The molecule has 2 N–H and O–H groups in total. The number of nitrogen functional groups attached to an aromatic ring is 1. The first-order chi connectivity index (χ1) is 8.25. The molecule has 3 rings (SSSR count). The third-order valence-electron chi connectivity index (χ3n) is 2.85. The van der Waals surface area contributed by atoms with Gasteiger partial charge in [0.1, 0.15) is 0 Å². The van der Waals surface area contributed by atoms with Crippen molar-refractivity contribution in [3.05, 3.63) is 48.2 Å². The van der Waals surface area contributed by atoms with Crippen molar-refractivity contribution in [1.82, 2.24) is 14.6 Å². The fraction of sp³-hybridized carbons (Fsp3) is 0.0769. The zero-order valence-electron chi connectivity index (χ0n) is 9.46. The smallest absolute Gasteiger partial charge is 0.168 e. The molecule has 0 amide bonds. The van der Waals surface area contributed by atoms with Crippen molar-refractivity contribution in [3.8, 4) is 11.4 Å². The molecule has 2 heterocycles. The molecule has 2 aromatic heterocycles. The Bertz CT molecular complexity index is 685. The number of hydrogen-bond acceptors (Lipinski definition) is 3. The van der Waals surface area contributed by atoms with Gasteiger partial charge in [-0.25, -0.2) is 0 Å². The van der Waals surface area contributed by atoms with Gasteiger partial charge in [-0.2, -0.15) is 0 Å². The molecule has 17 heavy (non-hydrogen) atoms. The molecular formula is C13H12N4. The van der Waals surface area contributed by atoms with Gasteiger partial charge >= 0.3 is 0 Å². The van der Waals surface area contributed by atoms with Gasteiger partial charge in [-0.05, 0) is 30.7 Å². The van der Waals surface area contributed by atoms with Crippen molar-refractivity contribution in [2.45, 2.75) is 6.92 Å². The highest BCUT2D eigenvalue weighted by Gasteiger charge is 2.07. The maximum atomic E-state index is 5.91. The Hall–Kier alpha value is -2.36. The van der Waals surface area contributed by atoms with Crippen LogP contribution in [0.5, 0.6) is 0 Å². The molecule has 0 bridgehead atoms. The van der Waals surface area contributed by atoms with Crippen LogP contribution in [-0.2, 0) is 0 Å². The van der Waals surface area contributed by atoms with Crippen LogP contribution in [0.2, 0.25) is 0 Å². The summed E-state index contributed by atoms with van der Waals surface area (Å²) in [5.41, 5.74) is 9.57. The Balaban J connectivity index is 2.24. The third kappa shape index (κ3) is 1.54. The van der Waals surface area contributed by atoms with Gasteiger partial charge in [-0.3, -0.25) is 4.40 Å². The summed E-state index contributed by atoms with van der Waals surface area (Å²) >= 11 is 0. The van der Waals surface area contributed by atoms with Crippen molar-refractivity contribution >= 4 is 11.3 Å². The lowest BCUT2D eigenvalue weighted by Crippen LogP contribution is -1.93. The summed E-state index contributed by atoms with van der Waals surface area (Å²) in [6, 6.07) is 11.8. The molecule has 4 nitrogen and oxygen atoms in total. The summed E-state index contributed by atoms with van der Waals surface area (Å²) in [7, 11) is 0. The Labute approximate surface area is 98.7 Å².